The van der Waals surface area contributed by atoms with Crippen molar-refractivity contribution in [2.24, 2.45) is 4.99 Å². The molecule has 0 aliphatic carbocycles. The van der Waals surface area contributed by atoms with Gasteiger partial charge < -0.3 is 15.4 Å². The molecule has 2 aromatic rings. The molecule has 170 valence electrons. The van der Waals surface area contributed by atoms with Crippen LogP contribution < -0.4 is 10.6 Å². The van der Waals surface area contributed by atoms with Gasteiger partial charge in [0.2, 0.25) is 0 Å². The second-order valence-corrected chi connectivity index (χ2v) is 7.92. The largest absolute Gasteiger partial charge is 0.377 e. The molecule has 6 heteroatoms. The van der Waals surface area contributed by atoms with Crippen molar-refractivity contribution in [2.45, 2.75) is 44.9 Å². The summed E-state index contributed by atoms with van der Waals surface area (Å²) >= 11 is 0. The molecule has 1 saturated heterocycles. The SMILES string of the molecule is CN=C(NCCCCOCc1ccccc1)NC1CCN(Cc2ccccc2)CC1.I. The Hall–Kier alpha value is -1.64. The Balaban J connectivity index is 0.00000341. The molecule has 0 spiro atoms. The number of aliphatic imine (C=N–C) groups is 1. The Morgan fingerprint density at radius 3 is 2.26 bits per heavy atom. The number of benzene rings is 2. The van der Waals surface area contributed by atoms with Crippen LogP contribution in [0.5, 0.6) is 0 Å². The van der Waals surface area contributed by atoms with E-state index in [1.807, 2.05) is 25.2 Å². The zero-order valence-electron chi connectivity index (χ0n) is 18.6. The summed E-state index contributed by atoms with van der Waals surface area (Å²) in [4.78, 5) is 6.93. The Labute approximate surface area is 204 Å². The summed E-state index contributed by atoms with van der Waals surface area (Å²) < 4.78 is 5.75. The number of ether oxygens (including phenoxy) is 1. The van der Waals surface area contributed by atoms with Crippen LogP contribution in [-0.4, -0.2) is 50.2 Å². The minimum atomic E-state index is 0. The van der Waals surface area contributed by atoms with E-state index in [0.717, 1.165) is 64.4 Å². The standard InChI is InChI=1S/C25H36N4O.HI/c1-26-25(27-16-8-9-19-30-21-23-12-6-3-7-13-23)28-24-14-17-29(18-15-24)20-22-10-4-2-5-11-22;/h2-7,10-13,24H,8-9,14-21H2,1H3,(H2,26,27,28);1H. The molecule has 2 aromatic carbocycles. The zero-order chi connectivity index (χ0) is 20.9. The number of likely N-dealkylation sites (tertiary alicyclic amines) is 1. The third-order valence-corrected chi connectivity index (χ3v) is 5.52. The predicted molar refractivity (Wildman–Crippen MR) is 140 cm³/mol. The van der Waals surface area contributed by atoms with Gasteiger partial charge in [-0.25, -0.2) is 0 Å². The van der Waals surface area contributed by atoms with Gasteiger partial charge in [0.05, 0.1) is 6.61 Å². The molecule has 5 nitrogen and oxygen atoms in total. The van der Waals surface area contributed by atoms with Gasteiger partial charge in [-0.05, 0) is 36.8 Å². The van der Waals surface area contributed by atoms with E-state index in [9.17, 15) is 0 Å². The van der Waals surface area contributed by atoms with Gasteiger partial charge in [-0.2, -0.15) is 0 Å². The Morgan fingerprint density at radius 1 is 0.968 bits per heavy atom. The maximum Gasteiger partial charge on any atom is 0.191 e. The maximum atomic E-state index is 5.75. The highest BCUT2D eigenvalue weighted by molar-refractivity contribution is 14.0. The van der Waals surface area contributed by atoms with Crippen LogP contribution >= 0.6 is 24.0 Å². The highest BCUT2D eigenvalue weighted by Gasteiger charge is 2.19. The van der Waals surface area contributed by atoms with Crippen molar-refractivity contribution in [1.82, 2.24) is 15.5 Å². The first-order chi connectivity index (χ1) is 14.8. The second-order valence-electron chi connectivity index (χ2n) is 7.92. The number of nitrogens with one attached hydrogen (secondary N) is 2. The van der Waals surface area contributed by atoms with Crippen LogP contribution in [-0.2, 0) is 17.9 Å². The second kappa shape index (κ2) is 15.2. The van der Waals surface area contributed by atoms with Gasteiger partial charge in [-0.3, -0.25) is 9.89 Å². The third-order valence-electron chi connectivity index (χ3n) is 5.52. The maximum absolute atomic E-state index is 5.75. The van der Waals surface area contributed by atoms with Crippen molar-refractivity contribution >= 4 is 29.9 Å². The van der Waals surface area contributed by atoms with Crippen LogP contribution in [0.1, 0.15) is 36.8 Å². The number of halogens is 1. The molecule has 0 bridgehead atoms. The molecular weight excluding hydrogens is 499 g/mol. The first kappa shape index (κ1) is 25.6. The number of unbranched alkanes of at least 4 members (excludes halogenated alkanes) is 1. The van der Waals surface area contributed by atoms with E-state index in [0.29, 0.717) is 12.6 Å². The van der Waals surface area contributed by atoms with Gasteiger partial charge in [-0.1, -0.05) is 60.7 Å². The Kier molecular flexibility index (Phi) is 12.6. The van der Waals surface area contributed by atoms with Crippen LogP contribution in [0.15, 0.2) is 65.7 Å². The van der Waals surface area contributed by atoms with Crippen molar-refractivity contribution < 1.29 is 4.74 Å². The Morgan fingerprint density at radius 2 is 1.61 bits per heavy atom. The van der Waals surface area contributed by atoms with Gasteiger partial charge in [-0.15, -0.1) is 24.0 Å². The lowest BCUT2D eigenvalue weighted by Crippen LogP contribution is -2.48. The number of nitrogens with zero attached hydrogens (tertiary/aromatic N) is 2. The quantitative estimate of drug-likeness (QED) is 0.204. The molecule has 1 aliphatic heterocycles. The predicted octanol–water partition coefficient (Wildman–Crippen LogP) is 4.43. The van der Waals surface area contributed by atoms with E-state index in [-0.39, 0.29) is 24.0 Å². The lowest BCUT2D eigenvalue weighted by molar-refractivity contribution is 0.117. The van der Waals surface area contributed by atoms with Gasteiger partial charge in [0.1, 0.15) is 0 Å². The smallest absolute Gasteiger partial charge is 0.191 e. The number of piperidine rings is 1. The van der Waals surface area contributed by atoms with Gasteiger partial charge in [0.15, 0.2) is 5.96 Å². The first-order valence-electron chi connectivity index (χ1n) is 11.2. The number of hydrogen-bond acceptors (Lipinski definition) is 3. The summed E-state index contributed by atoms with van der Waals surface area (Å²) in [6.45, 7) is 5.71. The third kappa shape index (κ3) is 10.0. The van der Waals surface area contributed by atoms with Crippen molar-refractivity contribution in [1.29, 1.82) is 0 Å². The monoisotopic (exact) mass is 536 g/mol. The van der Waals surface area contributed by atoms with Crippen LogP contribution in [0, 0.1) is 0 Å². The molecule has 0 amide bonds. The molecule has 2 N–H and O–H groups in total. The average Bonchev–Trinajstić information content (AvgIpc) is 2.80. The summed E-state index contributed by atoms with van der Waals surface area (Å²) in [6.07, 6.45) is 4.43. The molecule has 0 aromatic heterocycles. The summed E-state index contributed by atoms with van der Waals surface area (Å²) in [6, 6.07) is 21.6. The minimum absolute atomic E-state index is 0. The fraction of sp³-hybridized carbons (Fsp3) is 0.480. The molecule has 1 heterocycles. The summed E-state index contributed by atoms with van der Waals surface area (Å²) in [5.41, 5.74) is 2.63. The molecule has 0 atom stereocenters. The van der Waals surface area contributed by atoms with Crippen LogP contribution in [0.3, 0.4) is 0 Å². The summed E-state index contributed by atoms with van der Waals surface area (Å²) in [5.74, 6) is 0.918. The lowest BCUT2D eigenvalue weighted by atomic mass is 10.0. The molecule has 0 radical (unpaired) electrons. The zero-order valence-corrected chi connectivity index (χ0v) is 21.0. The lowest BCUT2D eigenvalue weighted by Gasteiger charge is -2.33. The fourth-order valence-electron chi connectivity index (χ4n) is 3.77. The average molecular weight is 537 g/mol. The van der Waals surface area contributed by atoms with Crippen molar-refractivity contribution in [3.05, 3.63) is 71.8 Å². The number of rotatable bonds is 10. The highest BCUT2D eigenvalue weighted by Crippen LogP contribution is 2.13. The van der Waals surface area contributed by atoms with E-state index in [4.69, 9.17) is 4.74 Å². The molecular formula is C25H37IN4O. The fourth-order valence-corrected chi connectivity index (χ4v) is 3.77. The molecule has 0 saturated carbocycles. The first-order valence-corrected chi connectivity index (χ1v) is 11.2. The van der Waals surface area contributed by atoms with E-state index in [1.165, 1.54) is 11.1 Å². The topological polar surface area (TPSA) is 48.9 Å². The van der Waals surface area contributed by atoms with E-state index < -0.39 is 0 Å². The van der Waals surface area contributed by atoms with E-state index >= 15 is 0 Å². The molecule has 1 aliphatic rings. The van der Waals surface area contributed by atoms with Crippen molar-refractivity contribution in [3.8, 4) is 0 Å². The van der Waals surface area contributed by atoms with Crippen LogP contribution in [0.4, 0.5) is 0 Å². The van der Waals surface area contributed by atoms with E-state index in [1.54, 1.807) is 0 Å². The van der Waals surface area contributed by atoms with Crippen molar-refractivity contribution in [2.75, 3.05) is 33.3 Å². The summed E-state index contributed by atoms with van der Waals surface area (Å²) in [7, 11) is 1.85. The highest BCUT2D eigenvalue weighted by atomic mass is 127. The number of hydrogen-bond donors (Lipinski definition) is 2. The van der Waals surface area contributed by atoms with Crippen LogP contribution in [0.2, 0.25) is 0 Å². The summed E-state index contributed by atoms with van der Waals surface area (Å²) in [5, 5.41) is 7.04. The molecule has 0 unspecified atom stereocenters. The molecule has 31 heavy (non-hydrogen) atoms. The van der Waals surface area contributed by atoms with E-state index in [2.05, 4.69) is 63.0 Å². The normalized spacial score (nSPS) is 15.3. The molecule has 1 fully saturated rings. The molecule has 3 rings (SSSR count). The Bertz CT molecular complexity index is 734. The van der Waals surface area contributed by atoms with Gasteiger partial charge in [0.25, 0.3) is 0 Å². The number of guanidine groups is 1. The van der Waals surface area contributed by atoms with Crippen molar-refractivity contribution in [3.63, 3.8) is 0 Å². The van der Waals surface area contributed by atoms with Crippen LogP contribution in [0.25, 0.3) is 0 Å². The van der Waals surface area contributed by atoms with Gasteiger partial charge in [0, 0.05) is 45.9 Å². The minimum Gasteiger partial charge on any atom is -0.377 e. The van der Waals surface area contributed by atoms with Gasteiger partial charge >= 0.3 is 0 Å².